The quantitative estimate of drug-likeness (QED) is 0.805. The molecule has 0 radical (unpaired) electrons. The van der Waals surface area contributed by atoms with E-state index in [1.54, 1.807) is 36.4 Å². The van der Waals surface area contributed by atoms with E-state index in [1.165, 1.54) is 17.1 Å². The van der Waals surface area contributed by atoms with Gasteiger partial charge < -0.3 is 5.32 Å². The van der Waals surface area contributed by atoms with Crippen molar-refractivity contribution in [3.63, 3.8) is 0 Å². The van der Waals surface area contributed by atoms with Crippen molar-refractivity contribution < 1.29 is 9.18 Å². The maximum atomic E-state index is 13.8. The van der Waals surface area contributed by atoms with E-state index >= 15 is 0 Å². The number of para-hydroxylation sites is 1. The van der Waals surface area contributed by atoms with Gasteiger partial charge in [0.05, 0.1) is 16.9 Å². The maximum absolute atomic E-state index is 13.8. The number of aryl methyl sites for hydroxylation is 1. The topological polar surface area (TPSA) is 72.7 Å². The zero-order chi connectivity index (χ0) is 15.5. The monoisotopic (exact) mass is 297 g/mol. The Hall–Kier alpha value is -3.09. The molecule has 0 spiro atoms. The van der Waals surface area contributed by atoms with Crippen LogP contribution < -0.4 is 5.32 Å². The Kier molecular flexibility index (Phi) is 3.61. The summed E-state index contributed by atoms with van der Waals surface area (Å²) >= 11 is 0. The zero-order valence-electron chi connectivity index (χ0n) is 11.7. The van der Waals surface area contributed by atoms with Crippen LogP contribution in [-0.2, 0) is 0 Å². The van der Waals surface area contributed by atoms with Gasteiger partial charge in [0, 0.05) is 0 Å². The first-order valence-corrected chi connectivity index (χ1v) is 6.55. The average molecular weight is 297 g/mol. The summed E-state index contributed by atoms with van der Waals surface area (Å²) in [4.78, 5) is 12.4. The molecule has 0 unspecified atom stereocenters. The van der Waals surface area contributed by atoms with E-state index in [2.05, 4.69) is 20.8 Å². The molecule has 3 aromatic rings. The van der Waals surface area contributed by atoms with Gasteiger partial charge in [-0.2, -0.15) is 4.68 Å². The number of benzene rings is 2. The third-order valence-corrected chi connectivity index (χ3v) is 3.11. The number of carbonyl (C=O) groups is 1. The molecule has 3 rings (SSSR count). The Bertz CT molecular complexity index is 817. The number of amides is 1. The summed E-state index contributed by atoms with van der Waals surface area (Å²) in [6, 6.07) is 11.3. The summed E-state index contributed by atoms with van der Waals surface area (Å²) in [5.74, 6) is -0.922. The lowest BCUT2D eigenvalue weighted by molar-refractivity contribution is 0.102. The minimum Gasteiger partial charge on any atom is -0.319 e. The lowest BCUT2D eigenvalue weighted by Gasteiger charge is -2.10. The zero-order valence-corrected chi connectivity index (χ0v) is 11.7. The molecule has 1 N–H and O–H groups in total. The predicted octanol–water partition coefficient (Wildman–Crippen LogP) is 2.36. The van der Waals surface area contributed by atoms with E-state index in [9.17, 15) is 9.18 Å². The Labute approximate surface area is 125 Å². The minimum absolute atomic E-state index is 0.136. The summed E-state index contributed by atoms with van der Waals surface area (Å²) in [6.45, 7) is 1.82. The maximum Gasteiger partial charge on any atom is 0.257 e. The lowest BCUT2D eigenvalue weighted by atomic mass is 10.1. The summed E-state index contributed by atoms with van der Waals surface area (Å²) in [5, 5.41) is 13.4. The summed E-state index contributed by atoms with van der Waals surface area (Å²) < 4.78 is 15.1. The molecule has 0 fully saturated rings. The van der Waals surface area contributed by atoms with E-state index in [0.717, 1.165) is 5.56 Å². The average Bonchev–Trinajstić information content (AvgIpc) is 3.05. The number of hydrogen-bond donors (Lipinski definition) is 1. The van der Waals surface area contributed by atoms with Crippen LogP contribution in [0.25, 0.3) is 5.69 Å². The highest BCUT2D eigenvalue weighted by atomic mass is 19.1. The van der Waals surface area contributed by atoms with Gasteiger partial charge in [-0.1, -0.05) is 18.2 Å². The van der Waals surface area contributed by atoms with Crippen LogP contribution in [0.4, 0.5) is 10.1 Å². The van der Waals surface area contributed by atoms with Crippen molar-refractivity contribution in [3.05, 3.63) is 65.7 Å². The third kappa shape index (κ3) is 2.69. The molecule has 1 heterocycles. The van der Waals surface area contributed by atoms with Gasteiger partial charge in [-0.15, -0.1) is 5.10 Å². The van der Waals surface area contributed by atoms with E-state index in [-0.39, 0.29) is 5.69 Å². The molecule has 110 valence electrons. The molecule has 2 aromatic carbocycles. The van der Waals surface area contributed by atoms with E-state index < -0.39 is 11.7 Å². The molecule has 0 saturated heterocycles. The number of nitrogens with one attached hydrogen (secondary N) is 1. The summed E-state index contributed by atoms with van der Waals surface area (Å²) in [5.41, 5.74) is 1.84. The van der Waals surface area contributed by atoms with Gasteiger partial charge in [-0.05, 0) is 47.2 Å². The third-order valence-electron chi connectivity index (χ3n) is 3.11. The fourth-order valence-corrected chi connectivity index (χ4v) is 2.06. The highest BCUT2D eigenvalue weighted by Gasteiger charge is 2.15. The molecule has 0 bridgehead atoms. The number of anilines is 1. The smallest absolute Gasteiger partial charge is 0.257 e. The largest absolute Gasteiger partial charge is 0.319 e. The minimum atomic E-state index is -0.487. The predicted molar refractivity (Wildman–Crippen MR) is 78.2 cm³/mol. The molecule has 1 amide bonds. The first-order valence-electron chi connectivity index (χ1n) is 6.55. The SMILES string of the molecule is Cc1ccc(F)c(NC(=O)c2ccccc2-n2cnnn2)c1. The fraction of sp³-hybridized carbons (Fsp3) is 0.0667. The highest BCUT2D eigenvalue weighted by Crippen LogP contribution is 2.19. The van der Waals surface area contributed by atoms with Crippen LogP contribution in [0.1, 0.15) is 15.9 Å². The molecule has 0 atom stereocenters. The molecule has 0 aliphatic rings. The summed E-state index contributed by atoms with van der Waals surface area (Å²) in [6.07, 6.45) is 1.39. The molecule has 0 saturated carbocycles. The van der Waals surface area contributed by atoms with Gasteiger partial charge in [0.15, 0.2) is 0 Å². The number of nitrogens with zero attached hydrogens (tertiary/aromatic N) is 4. The van der Waals surface area contributed by atoms with Crippen molar-refractivity contribution in [2.24, 2.45) is 0 Å². The van der Waals surface area contributed by atoms with E-state index in [0.29, 0.717) is 11.3 Å². The van der Waals surface area contributed by atoms with Crippen molar-refractivity contribution in [2.75, 3.05) is 5.32 Å². The molecule has 1 aromatic heterocycles. The van der Waals surface area contributed by atoms with Gasteiger partial charge in [0.25, 0.3) is 5.91 Å². The number of carbonyl (C=O) groups excluding carboxylic acids is 1. The molecule has 6 nitrogen and oxygen atoms in total. The first kappa shape index (κ1) is 13.9. The van der Waals surface area contributed by atoms with Crippen molar-refractivity contribution in [3.8, 4) is 5.69 Å². The van der Waals surface area contributed by atoms with Crippen LogP contribution in [0.5, 0.6) is 0 Å². The van der Waals surface area contributed by atoms with Crippen LogP contribution in [-0.4, -0.2) is 26.1 Å². The van der Waals surface area contributed by atoms with Crippen LogP contribution in [0.15, 0.2) is 48.8 Å². The Morgan fingerprint density at radius 1 is 1.23 bits per heavy atom. The molecule has 0 aliphatic carbocycles. The molecular formula is C15H12FN5O. The lowest BCUT2D eigenvalue weighted by Crippen LogP contribution is -2.16. The molecule has 22 heavy (non-hydrogen) atoms. The molecule has 0 aliphatic heterocycles. The van der Waals surface area contributed by atoms with Gasteiger partial charge in [0.1, 0.15) is 12.1 Å². The normalized spacial score (nSPS) is 10.5. The van der Waals surface area contributed by atoms with Gasteiger partial charge in [-0.25, -0.2) is 4.39 Å². The van der Waals surface area contributed by atoms with Crippen molar-refractivity contribution >= 4 is 11.6 Å². The standard InChI is InChI=1S/C15H12FN5O/c1-10-6-7-12(16)13(8-10)18-15(22)11-4-2-3-5-14(11)21-9-17-19-20-21/h2-9H,1H3,(H,18,22). The second-order valence-corrected chi connectivity index (χ2v) is 4.71. The van der Waals surface area contributed by atoms with Crippen LogP contribution in [0, 0.1) is 12.7 Å². The van der Waals surface area contributed by atoms with Gasteiger partial charge >= 0.3 is 0 Å². The van der Waals surface area contributed by atoms with Crippen molar-refractivity contribution in [1.82, 2.24) is 20.2 Å². The Balaban J connectivity index is 1.95. The number of hydrogen-bond acceptors (Lipinski definition) is 4. The van der Waals surface area contributed by atoms with E-state index in [1.807, 2.05) is 6.92 Å². The van der Waals surface area contributed by atoms with Crippen molar-refractivity contribution in [1.29, 1.82) is 0 Å². The van der Waals surface area contributed by atoms with Crippen LogP contribution in [0.2, 0.25) is 0 Å². The van der Waals surface area contributed by atoms with Gasteiger partial charge in [0.2, 0.25) is 0 Å². The number of aromatic nitrogens is 4. The molecular weight excluding hydrogens is 285 g/mol. The van der Waals surface area contributed by atoms with Crippen molar-refractivity contribution in [2.45, 2.75) is 6.92 Å². The first-order chi connectivity index (χ1) is 10.6. The number of tetrazole rings is 1. The Morgan fingerprint density at radius 3 is 2.82 bits per heavy atom. The van der Waals surface area contributed by atoms with Crippen LogP contribution in [0.3, 0.4) is 0 Å². The molecule has 7 heteroatoms. The fourth-order valence-electron chi connectivity index (χ4n) is 2.06. The Morgan fingerprint density at radius 2 is 2.05 bits per heavy atom. The van der Waals surface area contributed by atoms with Gasteiger partial charge in [-0.3, -0.25) is 4.79 Å². The second kappa shape index (κ2) is 5.72. The number of rotatable bonds is 3. The van der Waals surface area contributed by atoms with E-state index in [4.69, 9.17) is 0 Å². The highest BCUT2D eigenvalue weighted by molar-refractivity contribution is 6.06. The summed E-state index contributed by atoms with van der Waals surface area (Å²) in [7, 11) is 0. The number of halogens is 1. The van der Waals surface area contributed by atoms with Crippen LogP contribution >= 0.6 is 0 Å². The second-order valence-electron chi connectivity index (χ2n) is 4.71.